The number of carbonyl (C=O) groups excluding carboxylic acids is 2. The molecule has 0 aliphatic carbocycles. The van der Waals surface area contributed by atoms with Crippen LogP contribution in [0.4, 0.5) is 10.1 Å². The number of nitrogens with one attached hydrogen (secondary N) is 1. The van der Waals surface area contributed by atoms with E-state index in [-0.39, 0.29) is 17.8 Å². The largest absolute Gasteiger partial charge is 0.447 e. The molecule has 0 spiro atoms. The van der Waals surface area contributed by atoms with Crippen molar-refractivity contribution in [2.75, 3.05) is 5.32 Å². The van der Waals surface area contributed by atoms with Gasteiger partial charge in [0.2, 0.25) is 6.10 Å². The van der Waals surface area contributed by atoms with E-state index < -0.39 is 23.8 Å². The van der Waals surface area contributed by atoms with Gasteiger partial charge in [-0.05, 0) is 31.2 Å². The first-order valence-electron chi connectivity index (χ1n) is 8.90. The van der Waals surface area contributed by atoms with Crippen LogP contribution in [0.5, 0.6) is 0 Å². The van der Waals surface area contributed by atoms with Crippen LogP contribution in [-0.4, -0.2) is 16.4 Å². The number of thiazole rings is 1. The van der Waals surface area contributed by atoms with Crippen molar-refractivity contribution in [2.45, 2.75) is 26.0 Å². The number of aryl methyl sites for hydroxylation is 1. The van der Waals surface area contributed by atoms with Gasteiger partial charge in [-0.2, -0.15) is 0 Å². The topological polar surface area (TPSA) is 77.4 Å². The molecule has 3 aromatic rings. The molecule has 3 rings (SSSR count). The van der Waals surface area contributed by atoms with Gasteiger partial charge in [0.05, 0.1) is 6.42 Å². The van der Waals surface area contributed by atoms with E-state index in [9.17, 15) is 18.8 Å². The molecule has 150 valence electrons. The van der Waals surface area contributed by atoms with Gasteiger partial charge in [-0.1, -0.05) is 41.7 Å². The van der Waals surface area contributed by atoms with E-state index in [4.69, 9.17) is 4.74 Å². The molecule has 1 N–H and O–H groups in total. The summed E-state index contributed by atoms with van der Waals surface area (Å²) in [5, 5.41) is 4.34. The first-order valence-corrected chi connectivity index (χ1v) is 9.78. The summed E-state index contributed by atoms with van der Waals surface area (Å²) >= 11 is 1.07. The van der Waals surface area contributed by atoms with Gasteiger partial charge < -0.3 is 14.6 Å². The minimum atomic E-state index is -1.17. The first-order chi connectivity index (χ1) is 13.9. The van der Waals surface area contributed by atoms with E-state index in [2.05, 4.69) is 5.32 Å². The first kappa shape index (κ1) is 20.5. The highest BCUT2D eigenvalue weighted by molar-refractivity contribution is 7.07. The van der Waals surface area contributed by atoms with Crippen LogP contribution < -0.4 is 10.2 Å². The van der Waals surface area contributed by atoms with E-state index in [1.165, 1.54) is 28.8 Å². The fourth-order valence-corrected chi connectivity index (χ4v) is 3.47. The maximum absolute atomic E-state index is 13.1. The molecule has 0 radical (unpaired) electrons. The summed E-state index contributed by atoms with van der Waals surface area (Å²) in [7, 11) is 0. The Bertz CT molecular complexity index is 1040. The van der Waals surface area contributed by atoms with Crippen LogP contribution >= 0.6 is 11.3 Å². The van der Waals surface area contributed by atoms with Crippen LogP contribution in [0.15, 0.2) is 64.8 Å². The van der Waals surface area contributed by atoms with Gasteiger partial charge in [0.1, 0.15) is 5.82 Å². The highest BCUT2D eigenvalue weighted by Gasteiger charge is 2.25. The van der Waals surface area contributed by atoms with E-state index in [1.54, 1.807) is 42.6 Å². The molecule has 29 heavy (non-hydrogen) atoms. The molecular weight excluding hydrogens is 395 g/mol. The van der Waals surface area contributed by atoms with Crippen molar-refractivity contribution in [1.82, 2.24) is 4.57 Å². The summed E-state index contributed by atoms with van der Waals surface area (Å²) < 4.78 is 20.0. The van der Waals surface area contributed by atoms with Crippen LogP contribution in [0.3, 0.4) is 0 Å². The van der Waals surface area contributed by atoms with Crippen LogP contribution in [0.2, 0.25) is 0 Å². The minimum absolute atomic E-state index is 0.0510. The Labute approximate surface area is 170 Å². The number of esters is 1. The molecular formula is C21H19FN2O4S. The fraction of sp³-hybridized carbons (Fsp3) is 0.190. The third-order valence-corrected chi connectivity index (χ3v) is 5.10. The number of ether oxygens (including phenoxy) is 1. The van der Waals surface area contributed by atoms with Gasteiger partial charge in [-0.15, -0.1) is 0 Å². The number of hydrogen-bond acceptors (Lipinski definition) is 5. The minimum Gasteiger partial charge on any atom is -0.447 e. The molecule has 1 atom stereocenters. The van der Waals surface area contributed by atoms with Crippen LogP contribution in [0.1, 0.15) is 23.8 Å². The maximum Gasteiger partial charge on any atom is 0.308 e. The number of benzene rings is 2. The lowest BCUT2D eigenvalue weighted by Gasteiger charge is -2.18. The normalized spacial score (nSPS) is 11.7. The van der Waals surface area contributed by atoms with Crippen molar-refractivity contribution in [3.63, 3.8) is 0 Å². The number of amides is 1. The van der Waals surface area contributed by atoms with E-state index in [0.29, 0.717) is 11.3 Å². The number of halogens is 1. The lowest BCUT2D eigenvalue weighted by Crippen LogP contribution is -2.26. The van der Waals surface area contributed by atoms with Crippen molar-refractivity contribution in [3.8, 4) is 0 Å². The molecule has 0 unspecified atom stereocenters. The van der Waals surface area contributed by atoms with Gasteiger partial charge >= 0.3 is 10.8 Å². The number of anilines is 1. The smallest absolute Gasteiger partial charge is 0.308 e. The van der Waals surface area contributed by atoms with Crippen molar-refractivity contribution < 1.29 is 18.7 Å². The van der Waals surface area contributed by atoms with Gasteiger partial charge in [-0.3, -0.25) is 14.4 Å². The molecule has 1 amide bonds. The standard InChI is InChI=1S/C21H19FN2O4S/c1-14-13-29-21(27)24(14)12-11-18(25)28-19(15-5-3-2-4-6-15)20(26)23-17-9-7-16(22)8-10-17/h2-10,13,19H,11-12H2,1H3,(H,23,26)/t19-/m1/s1. The second-order valence-electron chi connectivity index (χ2n) is 6.32. The molecule has 0 saturated heterocycles. The molecule has 2 aromatic carbocycles. The highest BCUT2D eigenvalue weighted by atomic mass is 32.1. The lowest BCUT2D eigenvalue weighted by molar-refractivity contribution is -0.155. The van der Waals surface area contributed by atoms with Crippen molar-refractivity contribution >= 4 is 28.9 Å². The van der Waals surface area contributed by atoms with E-state index in [0.717, 1.165) is 17.0 Å². The summed E-state index contributed by atoms with van der Waals surface area (Å²) in [5.41, 5.74) is 1.65. The van der Waals surface area contributed by atoms with Gasteiger partial charge in [0.15, 0.2) is 0 Å². The monoisotopic (exact) mass is 414 g/mol. The molecule has 6 nitrogen and oxygen atoms in total. The third kappa shape index (κ3) is 5.39. The van der Waals surface area contributed by atoms with Crippen LogP contribution in [-0.2, 0) is 20.9 Å². The van der Waals surface area contributed by atoms with E-state index >= 15 is 0 Å². The van der Waals surface area contributed by atoms with Gasteiger partial charge in [0, 0.05) is 28.9 Å². The molecule has 0 aliphatic heterocycles. The SMILES string of the molecule is Cc1csc(=O)n1CCC(=O)O[C@@H](C(=O)Nc1ccc(F)cc1)c1ccccc1. The van der Waals surface area contributed by atoms with Crippen molar-refractivity contribution in [3.05, 3.63) is 86.7 Å². The molecule has 1 aromatic heterocycles. The molecule has 0 bridgehead atoms. The number of hydrogen-bond donors (Lipinski definition) is 1. The summed E-state index contributed by atoms with van der Waals surface area (Å²) in [5.74, 6) is -1.58. The predicted octanol–water partition coefficient (Wildman–Crippen LogP) is 3.67. The molecule has 0 aliphatic rings. The predicted molar refractivity (Wildman–Crippen MR) is 108 cm³/mol. The molecule has 8 heteroatoms. The lowest BCUT2D eigenvalue weighted by atomic mass is 10.1. The number of carbonyl (C=O) groups is 2. The zero-order valence-electron chi connectivity index (χ0n) is 15.6. The van der Waals surface area contributed by atoms with Crippen LogP contribution in [0.25, 0.3) is 0 Å². The Kier molecular flexibility index (Phi) is 6.56. The van der Waals surface area contributed by atoms with Gasteiger partial charge in [0.25, 0.3) is 5.91 Å². The summed E-state index contributed by atoms with van der Waals surface area (Å²) in [6.07, 6.45) is -1.22. The Morgan fingerprint density at radius 3 is 2.45 bits per heavy atom. The fourth-order valence-electron chi connectivity index (χ4n) is 2.71. The Morgan fingerprint density at radius 1 is 1.14 bits per heavy atom. The molecule has 1 heterocycles. The Hall–Kier alpha value is -3.26. The Balaban J connectivity index is 1.71. The Morgan fingerprint density at radius 2 is 1.83 bits per heavy atom. The second kappa shape index (κ2) is 9.29. The zero-order chi connectivity index (χ0) is 20.8. The number of rotatable bonds is 7. The highest BCUT2D eigenvalue weighted by Crippen LogP contribution is 2.21. The van der Waals surface area contributed by atoms with Crippen molar-refractivity contribution in [1.29, 1.82) is 0 Å². The van der Waals surface area contributed by atoms with Crippen molar-refractivity contribution in [2.24, 2.45) is 0 Å². The summed E-state index contributed by atoms with van der Waals surface area (Å²) in [6, 6.07) is 13.9. The quantitative estimate of drug-likeness (QED) is 0.599. The average Bonchev–Trinajstić information content (AvgIpc) is 3.04. The van der Waals surface area contributed by atoms with E-state index in [1.807, 2.05) is 0 Å². The zero-order valence-corrected chi connectivity index (χ0v) is 16.4. The average molecular weight is 414 g/mol. The molecule has 0 saturated carbocycles. The third-order valence-electron chi connectivity index (χ3n) is 4.22. The maximum atomic E-state index is 13.1. The van der Waals surface area contributed by atoms with Crippen LogP contribution in [0, 0.1) is 12.7 Å². The summed E-state index contributed by atoms with van der Waals surface area (Å²) in [6.45, 7) is 1.96. The second-order valence-corrected chi connectivity index (χ2v) is 7.14. The number of aromatic nitrogens is 1. The summed E-state index contributed by atoms with van der Waals surface area (Å²) in [4.78, 5) is 36.7. The molecule has 0 fully saturated rings. The van der Waals surface area contributed by atoms with Gasteiger partial charge in [-0.25, -0.2) is 4.39 Å². The number of nitrogens with zero attached hydrogens (tertiary/aromatic N) is 1.